The largest absolute Gasteiger partial charge is 0.493 e. The summed E-state index contributed by atoms with van der Waals surface area (Å²) < 4.78 is 5.60. The van der Waals surface area contributed by atoms with Crippen molar-refractivity contribution in [3.63, 3.8) is 0 Å². The molecule has 2 amide bonds. The molecule has 9 heteroatoms. The number of carbonyl (C=O) groups is 2. The van der Waals surface area contributed by atoms with Crippen LogP contribution in [0.1, 0.15) is 25.3 Å². The van der Waals surface area contributed by atoms with Gasteiger partial charge in [-0.05, 0) is 36.8 Å². The molecule has 2 N–H and O–H groups in total. The molecule has 0 spiro atoms. The standard InChI is InChI=1S/C19H18Cl3N3O3/c1-2-8-28-16-7-6-13(20)9-12(16)11-23-25-18(27)10-17(26)24-15-5-3-4-14(21)19(15)22/h3-7,9,11H,2,8,10H2,1H3,(H,24,26)(H,25,27). The number of carbonyl (C=O) groups excluding carboxylic acids is 2. The van der Waals surface area contributed by atoms with Crippen LogP contribution < -0.4 is 15.5 Å². The molecule has 0 heterocycles. The maximum absolute atomic E-state index is 12.0. The van der Waals surface area contributed by atoms with Crippen molar-refractivity contribution in [2.45, 2.75) is 19.8 Å². The van der Waals surface area contributed by atoms with Crippen molar-refractivity contribution in [3.05, 3.63) is 57.0 Å². The van der Waals surface area contributed by atoms with E-state index in [4.69, 9.17) is 39.5 Å². The third kappa shape index (κ3) is 6.71. The van der Waals surface area contributed by atoms with Crippen molar-refractivity contribution in [1.82, 2.24) is 5.43 Å². The number of nitrogens with one attached hydrogen (secondary N) is 2. The molecular formula is C19H18Cl3N3O3. The van der Waals surface area contributed by atoms with Gasteiger partial charge in [-0.15, -0.1) is 0 Å². The SMILES string of the molecule is CCCOc1ccc(Cl)cc1C=NNC(=O)CC(=O)Nc1cccc(Cl)c1Cl. The molecule has 0 aliphatic rings. The number of amides is 2. The van der Waals surface area contributed by atoms with Crippen LogP contribution in [0.15, 0.2) is 41.5 Å². The van der Waals surface area contributed by atoms with Crippen LogP contribution in [0.25, 0.3) is 0 Å². The third-order valence-corrected chi connectivity index (χ3v) is 4.43. The van der Waals surface area contributed by atoms with Gasteiger partial charge in [0, 0.05) is 10.6 Å². The van der Waals surface area contributed by atoms with Crippen LogP contribution in [0.3, 0.4) is 0 Å². The second kappa shape index (κ2) is 10.9. The topological polar surface area (TPSA) is 79.8 Å². The Kier molecular flexibility index (Phi) is 8.57. The summed E-state index contributed by atoms with van der Waals surface area (Å²) in [5.74, 6) is -0.547. The Balaban J connectivity index is 1.92. The monoisotopic (exact) mass is 441 g/mol. The molecule has 2 aromatic carbocycles. The zero-order valence-corrected chi connectivity index (χ0v) is 17.2. The molecule has 0 radical (unpaired) electrons. The summed E-state index contributed by atoms with van der Waals surface area (Å²) in [4.78, 5) is 23.9. The highest BCUT2D eigenvalue weighted by Gasteiger charge is 2.12. The molecule has 2 rings (SSSR count). The van der Waals surface area contributed by atoms with E-state index >= 15 is 0 Å². The first kappa shape index (κ1) is 22.0. The third-order valence-electron chi connectivity index (χ3n) is 3.37. The highest BCUT2D eigenvalue weighted by molar-refractivity contribution is 6.44. The number of hydrazone groups is 1. The van der Waals surface area contributed by atoms with Crippen molar-refractivity contribution in [3.8, 4) is 5.75 Å². The van der Waals surface area contributed by atoms with E-state index in [2.05, 4.69) is 15.8 Å². The van der Waals surface area contributed by atoms with Gasteiger partial charge in [-0.2, -0.15) is 5.10 Å². The van der Waals surface area contributed by atoms with Crippen LogP contribution in [0, 0.1) is 0 Å². The van der Waals surface area contributed by atoms with E-state index in [1.54, 1.807) is 36.4 Å². The second-order valence-electron chi connectivity index (χ2n) is 5.65. The minimum Gasteiger partial charge on any atom is -0.493 e. The van der Waals surface area contributed by atoms with Crippen molar-refractivity contribution in [1.29, 1.82) is 0 Å². The maximum atomic E-state index is 12.0. The Morgan fingerprint density at radius 3 is 2.68 bits per heavy atom. The lowest BCUT2D eigenvalue weighted by atomic mass is 10.2. The van der Waals surface area contributed by atoms with Crippen LogP contribution in [0.4, 0.5) is 5.69 Å². The van der Waals surface area contributed by atoms with Crippen molar-refractivity contribution in [2.75, 3.05) is 11.9 Å². The average molecular weight is 443 g/mol. The fraction of sp³-hybridized carbons (Fsp3) is 0.211. The number of ether oxygens (including phenoxy) is 1. The van der Waals surface area contributed by atoms with Gasteiger partial charge in [0.15, 0.2) is 0 Å². The smallest absolute Gasteiger partial charge is 0.249 e. The Morgan fingerprint density at radius 1 is 1.14 bits per heavy atom. The zero-order chi connectivity index (χ0) is 20.5. The second-order valence-corrected chi connectivity index (χ2v) is 6.87. The minimum absolute atomic E-state index is 0.205. The molecule has 0 bridgehead atoms. The van der Waals surface area contributed by atoms with E-state index in [0.29, 0.717) is 33.7 Å². The highest BCUT2D eigenvalue weighted by Crippen LogP contribution is 2.29. The van der Waals surface area contributed by atoms with Gasteiger partial charge < -0.3 is 10.1 Å². The summed E-state index contributed by atoms with van der Waals surface area (Å²) in [6, 6.07) is 9.90. The van der Waals surface area contributed by atoms with E-state index in [9.17, 15) is 9.59 Å². The lowest BCUT2D eigenvalue weighted by molar-refractivity contribution is -0.126. The quantitative estimate of drug-likeness (QED) is 0.346. The van der Waals surface area contributed by atoms with Gasteiger partial charge in [-0.25, -0.2) is 5.43 Å². The molecule has 28 heavy (non-hydrogen) atoms. The number of rotatable bonds is 8. The lowest BCUT2D eigenvalue weighted by Gasteiger charge is -2.08. The molecule has 0 fully saturated rings. The Hall–Kier alpha value is -2.28. The molecule has 0 unspecified atom stereocenters. The van der Waals surface area contributed by atoms with Gasteiger partial charge in [0.1, 0.15) is 12.2 Å². The van der Waals surface area contributed by atoms with Crippen molar-refractivity contribution < 1.29 is 14.3 Å². The maximum Gasteiger partial charge on any atom is 0.249 e. The van der Waals surface area contributed by atoms with Crippen LogP contribution in [0.5, 0.6) is 5.75 Å². The van der Waals surface area contributed by atoms with Crippen LogP contribution in [-0.4, -0.2) is 24.6 Å². The number of anilines is 1. The fourth-order valence-corrected chi connectivity index (χ4v) is 2.65. The Labute approximate surface area is 177 Å². The normalized spacial score (nSPS) is 10.7. The molecule has 0 atom stereocenters. The van der Waals surface area contributed by atoms with Gasteiger partial charge in [0.2, 0.25) is 11.8 Å². The predicted molar refractivity (Wildman–Crippen MR) is 113 cm³/mol. The molecule has 6 nitrogen and oxygen atoms in total. The van der Waals surface area contributed by atoms with E-state index < -0.39 is 18.2 Å². The summed E-state index contributed by atoms with van der Waals surface area (Å²) in [5.41, 5.74) is 3.22. The molecular weight excluding hydrogens is 425 g/mol. The molecule has 0 saturated heterocycles. The molecule has 0 saturated carbocycles. The van der Waals surface area contributed by atoms with Gasteiger partial charge in [0.05, 0.1) is 28.6 Å². The summed E-state index contributed by atoms with van der Waals surface area (Å²) in [6.07, 6.45) is 1.82. The molecule has 0 aliphatic carbocycles. The Morgan fingerprint density at radius 2 is 1.93 bits per heavy atom. The van der Waals surface area contributed by atoms with Gasteiger partial charge in [-0.1, -0.05) is 47.8 Å². The lowest BCUT2D eigenvalue weighted by Crippen LogP contribution is -2.24. The molecule has 0 aromatic heterocycles. The van der Waals surface area contributed by atoms with E-state index in [1.807, 2.05) is 6.92 Å². The zero-order valence-electron chi connectivity index (χ0n) is 15.0. The molecule has 148 valence electrons. The number of nitrogens with zero attached hydrogens (tertiary/aromatic N) is 1. The van der Waals surface area contributed by atoms with Gasteiger partial charge in [0.25, 0.3) is 0 Å². The van der Waals surface area contributed by atoms with Gasteiger partial charge >= 0.3 is 0 Å². The fourth-order valence-electron chi connectivity index (χ4n) is 2.12. The van der Waals surface area contributed by atoms with E-state index in [-0.39, 0.29) is 5.02 Å². The Bertz CT molecular complexity index is 888. The molecule has 0 aliphatic heterocycles. The van der Waals surface area contributed by atoms with Crippen molar-refractivity contribution in [2.24, 2.45) is 5.10 Å². The summed E-state index contributed by atoms with van der Waals surface area (Å²) >= 11 is 17.9. The number of benzene rings is 2. The van der Waals surface area contributed by atoms with Crippen LogP contribution >= 0.6 is 34.8 Å². The number of hydrogen-bond acceptors (Lipinski definition) is 4. The average Bonchev–Trinajstić information content (AvgIpc) is 2.65. The predicted octanol–water partition coefficient (Wildman–Crippen LogP) is 4.91. The minimum atomic E-state index is -0.593. The first-order chi connectivity index (χ1) is 13.4. The highest BCUT2D eigenvalue weighted by atomic mass is 35.5. The van der Waals surface area contributed by atoms with Crippen LogP contribution in [-0.2, 0) is 9.59 Å². The summed E-state index contributed by atoms with van der Waals surface area (Å²) in [6.45, 7) is 2.53. The van der Waals surface area contributed by atoms with E-state index in [0.717, 1.165) is 6.42 Å². The van der Waals surface area contributed by atoms with Gasteiger partial charge in [-0.3, -0.25) is 9.59 Å². The first-order valence-electron chi connectivity index (χ1n) is 8.38. The number of halogens is 3. The van der Waals surface area contributed by atoms with Crippen LogP contribution in [0.2, 0.25) is 15.1 Å². The van der Waals surface area contributed by atoms with Crippen molar-refractivity contribution >= 4 is 58.5 Å². The van der Waals surface area contributed by atoms with E-state index in [1.165, 1.54) is 6.21 Å². The summed E-state index contributed by atoms with van der Waals surface area (Å²) in [7, 11) is 0. The summed E-state index contributed by atoms with van der Waals surface area (Å²) in [5, 5.41) is 7.39. The number of hydrogen-bond donors (Lipinski definition) is 2. The molecule has 2 aromatic rings. The first-order valence-corrected chi connectivity index (χ1v) is 9.52.